The van der Waals surface area contributed by atoms with Crippen molar-refractivity contribution < 1.29 is 14.6 Å². The second-order valence-corrected chi connectivity index (χ2v) is 6.11. The normalized spacial score (nSPS) is 12.0. The minimum atomic E-state index is -0.544. The maximum absolute atomic E-state index is 11.6. The third kappa shape index (κ3) is 5.46. The molecule has 0 saturated heterocycles. The van der Waals surface area contributed by atoms with E-state index < -0.39 is 6.10 Å². The number of nitrogens with zero attached hydrogens (tertiary/aromatic N) is 1. The Morgan fingerprint density at radius 3 is 2.82 bits per heavy atom. The number of nitrogens with one attached hydrogen (secondary N) is 1. The number of thiazole rings is 1. The van der Waals surface area contributed by atoms with E-state index in [1.54, 1.807) is 6.92 Å². The molecule has 0 radical (unpaired) electrons. The number of hydrogen-bond donors (Lipinski definition) is 2. The number of benzene rings is 1. The third-order valence-corrected chi connectivity index (χ3v) is 3.79. The number of ether oxygens (including phenoxy) is 1. The van der Waals surface area contributed by atoms with Gasteiger partial charge in [-0.25, -0.2) is 4.98 Å². The highest BCUT2D eigenvalue weighted by Crippen LogP contribution is 2.16. The molecule has 0 aliphatic heterocycles. The van der Waals surface area contributed by atoms with Crippen LogP contribution in [-0.2, 0) is 17.8 Å². The fraction of sp³-hybridized carbons (Fsp3) is 0.375. The highest BCUT2D eigenvalue weighted by Gasteiger charge is 2.09. The number of carbonyl (C=O) groups is 1. The molecule has 0 bridgehead atoms. The van der Waals surface area contributed by atoms with Crippen LogP contribution in [0.25, 0.3) is 0 Å². The van der Waals surface area contributed by atoms with E-state index in [4.69, 9.17) is 9.84 Å². The molecule has 0 saturated carbocycles. The van der Waals surface area contributed by atoms with Crippen LogP contribution in [0.15, 0.2) is 29.6 Å². The second kappa shape index (κ2) is 7.91. The van der Waals surface area contributed by atoms with Gasteiger partial charge in [-0.1, -0.05) is 17.7 Å². The number of rotatable bonds is 7. The molecule has 0 fully saturated rings. The van der Waals surface area contributed by atoms with Crippen molar-refractivity contribution in [2.75, 3.05) is 6.54 Å². The van der Waals surface area contributed by atoms with Crippen LogP contribution in [0.1, 0.15) is 23.2 Å². The van der Waals surface area contributed by atoms with Crippen molar-refractivity contribution in [1.82, 2.24) is 10.3 Å². The van der Waals surface area contributed by atoms with Crippen LogP contribution in [-0.4, -0.2) is 28.6 Å². The molecule has 0 aliphatic carbocycles. The van der Waals surface area contributed by atoms with Gasteiger partial charge in [0.1, 0.15) is 17.4 Å². The highest BCUT2D eigenvalue weighted by molar-refractivity contribution is 7.09. The summed E-state index contributed by atoms with van der Waals surface area (Å²) in [7, 11) is 0. The van der Waals surface area contributed by atoms with Crippen LogP contribution >= 0.6 is 11.3 Å². The lowest BCUT2D eigenvalue weighted by Gasteiger charge is -2.05. The predicted molar refractivity (Wildman–Crippen MR) is 86.0 cm³/mol. The van der Waals surface area contributed by atoms with E-state index in [1.165, 1.54) is 16.9 Å². The quantitative estimate of drug-likeness (QED) is 0.819. The Balaban J connectivity index is 1.81. The predicted octanol–water partition coefficient (Wildman–Crippen LogP) is 2.07. The first-order chi connectivity index (χ1) is 10.5. The molecule has 1 amide bonds. The molecule has 0 aliphatic rings. The third-order valence-electron chi connectivity index (χ3n) is 2.92. The molecule has 1 aromatic heterocycles. The van der Waals surface area contributed by atoms with Gasteiger partial charge in [0.25, 0.3) is 0 Å². The van der Waals surface area contributed by atoms with Gasteiger partial charge in [0.2, 0.25) is 5.91 Å². The lowest BCUT2D eigenvalue weighted by molar-refractivity contribution is -0.120. The van der Waals surface area contributed by atoms with Crippen molar-refractivity contribution >= 4 is 17.2 Å². The maximum atomic E-state index is 11.6. The Bertz CT molecular complexity index is 608. The summed E-state index contributed by atoms with van der Waals surface area (Å²) in [5, 5.41) is 14.5. The van der Waals surface area contributed by atoms with Crippen LogP contribution in [0.2, 0.25) is 0 Å². The Morgan fingerprint density at radius 1 is 1.41 bits per heavy atom. The summed E-state index contributed by atoms with van der Waals surface area (Å²) >= 11 is 1.47. The lowest BCUT2D eigenvalue weighted by Crippen LogP contribution is -2.31. The summed E-state index contributed by atoms with van der Waals surface area (Å²) in [6, 6.07) is 7.84. The van der Waals surface area contributed by atoms with Crippen molar-refractivity contribution in [3.63, 3.8) is 0 Å². The van der Waals surface area contributed by atoms with Crippen LogP contribution in [0.4, 0.5) is 0 Å². The van der Waals surface area contributed by atoms with Gasteiger partial charge in [-0.3, -0.25) is 4.79 Å². The van der Waals surface area contributed by atoms with E-state index in [9.17, 15) is 4.79 Å². The Kier molecular flexibility index (Phi) is 5.91. The highest BCUT2D eigenvalue weighted by atomic mass is 32.1. The number of aryl methyl sites for hydroxylation is 1. The lowest BCUT2D eigenvalue weighted by atomic mass is 10.2. The molecule has 5 nitrogen and oxygen atoms in total. The van der Waals surface area contributed by atoms with Crippen LogP contribution in [0.5, 0.6) is 5.75 Å². The second-order valence-electron chi connectivity index (χ2n) is 5.16. The zero-order chi connectivity index (χ0) is 15.9. The molecular weight excluding hydrogens is 300 g/mol. The zero-order valence-corrected chi connectivity index (χ0v) is 13.5. The number of hydrogen-bond acceptors (Lipinski definition) is 5. The molecule has 0 spiro atoms. The van der Waals surface area contributed by atoms with Crippen molar-refractivity contribution in [2.45, 2.75) is 33.0 Å². The maximum Gasteiger partial charge on any atom is 0.226 e. The van der Waals surface area contributed by atoms with E-state index in [0.717, 1.165) is 16.5 Å². The van der Waals surface area contributed by atoms with E-state index in [1.807, 2.05) is 36.6 Å². The molecule has 2 rings (SSSR count). The Hall–Kier alpha value is -1.92. The zero-order valence-electron chi connectivity index (χ0n) is 12.7. The Labute approximate surface area is 134 Å². The number of aliphatic hydroxyl groups is 1. The number of aromatic nitrogens is 1. The fourth-order valence-electron chi connectivity index (χ4n) is 1.76. The van der Waals surface area contributed by atoms with Gasteiger partial charge in [-0.15, -0.1) is 11.3 Å². The first kappa shape index (κ1) is 16.5. The Morgan fingerprint density at radius 2 is 2.14 bits per heavy atom. The summed E-state index contributed by atoms with van der Waals surface area (Å²) in [6.07, 6.45) is -0.328. The molecule has 0 unspecified atom stereocenters. The minimum Gasteiger partial charge on any atom is -0.486 e. The molecule has 6 heteroatoms. The first-order valence-electron chi connectivity index (χ1n) is 7.10. The first-order valence-corrected chi connectivity index (χ1v) is 7.98. The van der Waals surface area contributed by atoms with Gasteiger partial charge in [0, 0.05) is 11.9 Å². The van der Waals surface area contributed by atoms with E-state index >= 15 is 0 Å². The van der Waals surface area contributed by atoms with Crippen molar-refractivity contribution in [1.29, 1.82) is 0 Å². The van der Waals surface area contributed by atoms with Crippen LogP contribution in [0.3, 0.4) is 0 Å². The van der Waals surface area contributed by atoms with Crippen LogP contribution in [0, 0.1) is 6.92 Å². The summed E-state index contributed by atoms with van der Waals surface area (Å²) < 4.78 is 5.66. The molecule has 1 heterocycles. The number of carbonyl (C=O) groups excluding carboxylic acids is 1. The van der Waals surface area contributed by atoms with Gasteiger partial charge in [0.05, 0.1) is 18.2 Å². The largest absolute Gasteiger partial charge is 0.486 e. The average Bonchev–Trinajstić information content (AvgIpc) is 2.92. The number of aliphatic hydroxyl groups excluding tert-OH is 1. The smallest absolute Gasteiger partial charge is 0.226 e. The van der Waals surface area contributed by atoms with Crippen molar-refractivity contribution in [2.24, 2.45) is 0 Å². The SMILES string of the molecule is Cc1ccc(OCc2nc(CC(=O)NC[C@@H](C)O)cs2)cc1. The van der Waals surface area contributed by atoms with E-state index in [2.05, 4.69) is 10.3 Å². The monoisotopic (exact) mass is 320 g/mol. The fourth-order valence-corrected chi connectivity index (χ4v) is 2.47. The molecular formula is C16H20N2O3S. The summed E-state index contributed by atoms with van der Waals surface area (Å²) in [6.45, 7) is 4.30. The van der Waals surface area contributed by atoms with Gasteiger partial charge in [-0.05, 0) is 26.0 Å². The van der Waals surface area contributed by atoms with Gasteiger partial charge < -0.3 is 15.2 Å². The van der Waals surface area contributed by atoms with E-state index in [0.29, 0.717) is 6.61 Å². The van der Waals surface area contributed by atoms with Crippen molar-refractivity contribution in [3.8, 4) is 5.75 Å². The topological polar surface area (TPSA) is 71.5 Å². The van der Waals surface area contributed by atoms with Crippen molar-refractivity contribution in [3.05, 3.63) is 45.9 Å². The molecule has 2 aromatic rings. The standard InChI is InChI=1S/C16H20N2O3S/c1-11-3-5-14(6-4-11)21-9-16-18-13(10-22-16)7-15(20)17-8-12(2)19/h3-6,10,12,19H,7-9H2,1-2H3,(H,17,20)/t12-/m1/s1. The summed E-state index contributed by atoms with van der Waals surface area (Å²) in [4.78, 5) is 16.0. The van der Waals surface area contributed by atoms with E-state index in [-0.39, 0.29) is 18.9 Å². The average molecular weight is 320 g/mol. The molecule has 1 atom stereocenters. The van der Waals surface area contributed by atoms with Gasteiger partial charge in [0.15, 0.2) is 0 Å². The van der Waals surface area contributed by atoms with Crippen LogP contribution < -0.4 is 10.1 Å². The minimum absolute atomic E-state index is 0.141. The van der Waals surface area contributed by atoms with Gasteiger partial charge >= 0.3 is 0 Å². The molecule has 118 valence electrons. The number of amides is 1. The summed E-state index contributed by atoms with van der Waals surface area (Å²) in [5.41, 5.74) is 1.91. The molecule has 22 heavy (non-hydrogen) atoms. The summed E-state index contributed by atoms with van der Waals surface area (Å²) in [5.74, 6) is 0.661. The molecule has 2 N–H and O–H groups in total. The molecule has 1 aromatic carbocycles. The van der Waals surface area contributed by atoms with Gasteiger partial charge in [-0.2, -0.15) is 0 Å².